The van der Waals surface area contributed by atoms with E-state index in [1.54, 1.807) is 12.1 Å². The third kappa shape index (κ3) is 8.81. The third-order valence-electron chi connectivity index (χ3n) is 9.61. The van der Waals surface area contributed by atoms with Crippen molar-refractivity contribution in [3.63, 3.8) is 0 Å². The Kier molecular flexibility index (Phi) is 16.7. The molecule has 2 heterocycles. The lowest BCUT2D eigenvalue weighted by molar-refractivity contribution is -0.128. The van der Waals surface area contributed by atoms with Crippen LogP contribution in [0, 0.1) is 28.5 Å². The van der Waals surface area contributed by atoms with E-state index in [1.165, 1.54) is 19.3 Å². The maximum absolute atomic E-state index is 17.0. The van der Waals surface area contributed by atoms with Crippen molar-refractivity contribution >= 4 is 22.3 Å². The van der Waals surface area contributed by atoms with Gasteiger partial charge < -0.3 is 15.7 Å². The van der Waals surface area contributed by atoms with Gasteiger partial charge in [-0.25, -0.2) is 4.39 Å². The number of nitriles is 1. The highest BCUT2D eigenvalue weighted by atomic mass is 19.1. The fourth-order valence-electron chi connectivity index (χ4n) is 6.70. The molecule has 0 unspecified atom stereocenters. The van der Waals surface area contributed by atoms with Crippen molar-refractivity contribution in [2.45, 2.75) is 114 Å². The van der Waals surface area contributed by atoms with Crippen LogP contribution in [0.15, 0.2) is 60.3 Å². The number of nitrogens with zero attached hydrogens (tertiary/aromatic N) is 1. The number of rotatable bonds is 11. The molecule has 0 aromatic heterocycles. The summed E-state index contributed by atoms with van der Waals surface area (Å²) < 4.78 is 17.0. The van der Waals surface area contributed by atoms with Gasteiger partial charge in [0.05, 0.1) is 6.07 Å². The molecule has 49 heavy (non-hydrogen) atoms. The lowest BCUT2D eigenvalue weighted by Gasteiger charge is -2.40. The number of hydrogen-bond donors (Lipinski definition) is 3. The molecule has 5 rings (SSSR count). The van der Waals surface area contributed by atoms with Crippen molar-refractivity contribution in [1.29, 1.82) is 5.26 Å². The van der Waals surface area contributed by atoms with Gasteiger partial charge in [0.15, 0.2) is 0 Å². The molecule has 3 aromatic rings. The zero-order valence-electron chi connectivity index (χ0n) is 31.6. The van der Waals surface area contributed by atoms with Gasteiger partial charge in [-0.1, -0.05) is 125 Å². The summed E-state index contributed by atoms with van der Waals surface area (Å²) in [6.07, 6.45) is 6.47. The van der Waals surface area contributed by atoms with E-state index < -0.39 is 5.41 Å². The SMILES string of the molecule is C=C(CC)C1=C(c2cc(CCC#N)c(-c3cc(O)cc4ccccc34)c(F)c2CCC)C2(CNC2)C(=O)N1.CC.CC.CCC(CC)CC. The number of benzene rings is 3. The molecule has 0 bridgehead atoms. The summed E-state index contributed by atoms with van der Waals surface area (Å²) >= 11 is 0. The minimum atomic E-state index is -0.770. The highest BCUT2D eigenvalue weighted by Crippen LogP contribution is 2.50. The van der Waals surface area contributed by atoms with Crippen LogP contribution in [0.5, 0.6) is 5.75 Å². The zero-order chi connectivity index (χ0) is 36.7. The molecule has 2 aliphatic heterocycles. The summed E-state index contributed by atoms with van der Waals surface area (Å²) in [4.78, 5) is 13.3. The van der Waals surface area contributed by atoms with Gasteiger partial charge in [-0.2, -0.15) is 5.26 Å². The average Bonchev–Trinajstić information content (AvgIpc) is 3.43. The van der Waals surface area contributed by atoms with Crippen LogP contribution in [0.25, 0.3) is 27.5 Å². The summed E-state index contributed by atoms with van der Waals surface area (Å²) in [6, 6.07) is 15.1. The van der Waals surface area contributed by atoms with Crippen LogP contribution < -0.4 is 10.6 Å². The van der Waals surface area contributed by atoms with Crippen LogP contribution in [-0.2, 0) is 17.6 Å². The van der Waals surface area contributed by atoms with Crippen molar-refractivity contribution in [2.75, 3.05) is 13.1 Å². The second-order valence-electron chi connectivity index (χ2n) is 12.3. The minimum Gasteiger partial charge on any atom is -0.508 e. The number of phenolic OH excluding ortho intramolecular Hbond substituents is 1. The van der Waals surface area contributed by atoms with Gasteiger partial charge >= 0.3 is 0 Å². The highest BCUT2D eigenvalue weighted by Gasteiger charge is 2.54. The molecule has 266 valence electrons. The number of hydrogen-bond acceptors (Lipinski definition) is 4. The summed E-state index contributed by atoms with van der Waals surface area (Å²) in [5, 5.41) is 27.9. The van der Waals surface area contributed by atoms with Crippen molar-refractivity contribution in [3.8, 4) is 22.9 Å². The highest BCUT2D eigenvalue weighted by molar-refractivity contribution is 6.07. The standard InChI is InChI=1S/C32H32FN3O2.C7H16.2C2H6/c1-4-9-24-26(28-30(19(3)5-2)36-31(38)32(28)17-35-18-32)15-21(11-8-13-34)27(29(24)33)25-16-22(37)14-20-10-6-7-12-23(20)25;1-4-7(5-2)6-3;2*1-2/h6-7,10,12,14-16,35,37H,3-5,8-9,11,17-18H2,1-2H3,(H,36,38);7H,4-6H2,1-3H3;2*1-2H3. The van der Waals surface area contributed by atoms with Gasteiger partial charge in [0.1, 0.15) is 17.0 Å². The lowest BCUT2D eigenvalue weighted by atomic mass is 9.70. The first-order valence-electron chi connectivity index (χ1n) is 18.6. The van der Waals surface area contributed by atoms with Crippen LogP contribution in [0.1, 0.15) is 118 Å². The van der Waals surface area contributed by atoms with Crippen molar-refractivity contribution in [1.82, 2.24) is 10.6 Å². The Morgan fingerprint density at radius 1 is 0.980 bits per heavy atom. The molecule has 0 atom stereocenters. The first kappa shape index (κ1) is 41.2. The number of phenols is 1. The number of aryl methyl sites for hydroxylation is 1. The zero-order valence-corrected chi connectivity index (χ0v) is 31.6. The Morgan fingerprint density at radius 3 is 2.12 bits per heavy atom. The maximum Gasteiger partial charge on any atom is 0.237 e. The van der Waals surface area contributed by atoms with Gasteiger partial charge in [0.25, 0.3) is 0 Å². The molecule has 3 aromatic carbocycles. The quantitative estimate of drug-likeness (QED) is 0.190. The molecule has 0 aliphatic carbocycles. The molecule has 0 radical (unpaired) electrons. The first-order valence-corrected chi connectivity index (χ1v) is 18.6. The van der Waals surface area contributed by atoms with Crippen LogP contribution in [0.3, 0.4) is 0 Å². The molecule has 1 fully saturated rings. The van der Waals surface area contributed by atoms with Gasteiger partial charge in [0.2, 0.25) is 5.91 Å². The average molecular weight is 670 g/mol. The third-order valence-corrected chi connectivity index (χ3v) is 9.61. The van der Waals surface area contributed by atoms with E-state index in [1.807, 2.05) is 71.9 Å². The predicted octanol–water partition coefficient (Wildman–Crippen LogP) is 11.0. The number of carbonyl (C=O) groups excluding carboxylic acids is 1. The largest absolute Gasteiger partial charge is 0.508 e. The minimum absolute atomic E-state index is 0.0553. The number of carbonyl (C=O) groups is 1. The molecule has 1 saturated heterocycles. The topological polar surface area (TPSA) is 85.2 Å². The Bertz CT molecular complexity index is 1640. The normalized spacial score (nSPS) is 14.1. The molecule has 2 aliphatic rings. The Hall–Kier alpha value is -3.95. The number of fused-ring (bicyclic) bond motifs is 1. The van der Waals surface area contributed by atoms with E-state index in [-0.39, 0.29) is 23.9 Å². The molecule has 5 nitrogen and oxygen atoms in total. The molecular formula is C43H60FN3O2. The number of nitrogens with one attached hydrogen (secondary N) is 2. The van der Waals surface area contributed by atoms with Crippen molar-refractivity contribution in [2.24, 2.45) is 11.3 Å². The molecule has 1 spiro atoms. The maximum atomic E-state index is 17.0. The lowest BCUT2D eigenvalue weighted by Crippen LogP contribution is -2.58. The van der Waals surface area contributed by atoms with Crippen molar-refractivity contribution in [3.05, 3.63) is 82.8 Å². The number of aromatic hydroxyl groups is 1. The Morgan fingerprint density at radius 2 is 1.61 bits per heavy atom. The fraction of sp³-hybridized carbons (Fsp3) is 0.488. The van der Waals surface area contributed by atoms with Gasteiger partial charge in [-0.3, -0.25) is 4.79 Å². The molecule has 1 amide bonds. The Balaban J connectivity index is 0.000000667. The monoisotopic (exact) mass is 669 g/mol. The van der Waals surface area contributed by atoms with E-state index in [0.29, 0.717) is 66.7 Å². The van der Waals surface area contributed by atoms with Gasteiger partial charge in [0, 0.05) is 36.3 Å². The van der Waals surface area contributed by atoms with Gasteiger partial charge in [-0.05, 0) is 75.9 Å². The summed E-state index contributed by atoms with van der Waals surface area (Å²) in [5.41, 5.74) is 4.50. The Labute approximate surface area is 295 Å². The predicted molar refractivity (Wildman–Crippen MR) is 206 cm³/mol. The first-order chi connectivity index (χ1) is 23.7. The van der Waals surface area contributed by atoms with E-state index in [2.05, 4.69) is 44.1 Å². The molecular weight excluding hydrogens is 609 g/mol. The molecule has 6 heteroatoms. The van der Waals surface area contributed by atoms with E-state index in [9.17, 15) is 15.2 Å². The van der Waals surface area contributed by atoms with Gasteiger partial charge in [-0.15, -0.1) is 0 Å². The van der Waals surface area contributed by atoms with E-state index in [4.69, 9.17) is 0 Å². The summed E-state index contributed by atoms with van der Waals surface area (Å²) in [6.45, 7) is 24.0. The molecule has 3 N–H and O–H groups in total. The van der Waals surface area contributed by atoms with Crippen LogP contribution in [-0.4, -0.2) is 24.1 Å². The fourth-order valence-corrected chi connectivity index (χ4v) is 6.70. The number of allylic oxidation sites excluding steroid dienone is 1. The molecule has 0 saturated carbocycles. The smallest absolute Gasteiger partial charge is 0.237 e. The van der Waals surface area contributed by atoms with Crippen LogP contribution in [0.4, 0.5) is 4.39 Å². The van der Waals surface area contributed by atoms with Crippen LogP contribution in [0.2, 0.25) is 0 Å². The number of amides is 1. The summed E-state index contributed by atoms with van der Waals surface area (Å²) in [7, 11) is 0. The van der Waals surface area contributed by atoms with E-state index >= 15 is 4.39 Å². The second kappa shape index (κ2) is 19.9. The number of halogens is 1. The summed E-state index contributed by atoms with van der Waals surface area (Å²) in [5.74, 6) is 0.601. The van der Waals surface area contributed by atoms with Crippen molar-refractivity contribution < 1.29 is 14.3 Å². The van der Waals surface area contributed by atoms with Crippen LogP contribution >= 0.6 is 0 Å². The van der Waals surface area contributed by atoms with E-state index in [0.717, 1.165) is 33.4 Å². The second-order valence-corrected chi connectivity index (χ2v) is 12.3.